The zero-order valence-electron chi connectivity index (χ0n) is 13.2. The summed E-state index contributed by atoms with van der Waals surface area (Å²) in [6.45, 7) is 11.3. The molecule has 0 amide bonds. The Bertz CT molecular complexity index is 412. The van der Waals surface area contributed by atoms with Gasteiger partial charge in [0.05, 0.1) is 5.69 Å². The van der Waals surface area contributed by atoms with Crippen LogP contribution in [0.5, 0.6) is 0 Å². The predicted octanol–water partition coefficient (Wildman–Crippen LogP) is 2.33. The minimum Gasteiger partial charge on any atom is -0.356 e. The van der Waals surface area contributed by atoms with E-state index in [0.29, 0.717) is 5.92 Å². The van der Waals surface area contributed by atoms with Crippen LogP contribution in [0.2, 0.25) is 0 Å². The number of nitrogens with one attached hydrogen (secondary N) is 2. The molecule has 0 saturated carbocycles. The van der Waals surface area contributed by atoms with E-state index in [1.807, 2.05) is 6.92 Å². The molecular weight excluding hydrogens is 365 g/mol. The molecule has 0 atom stereocenters. The quantitative estimate of drug-likeness (QED) is 0.338. The van der Waals surface area contributed by atoms with E-state index in [1.165, 1.54) is 5.69 Å². The molecule has 1 aromatic rings. The molecule has 0 saturated heterocycles. The van der Waals surface area contributed by atoms with Gasteiger partial charge in [-0.05, 0) is 32.3 Å². The number of hydrogen-bond acceptors (Lipinski definition) is 2. The van der Waals surface area contributed by atoms with Gasteiger partial charge in [0.2, 0.25) is 0 Å². The molecule has 1 heterocycles. The topological polar surface area (TPSA) is 54.2 Å². The Hall–Kier alpha value is -0.790. The average molecular weight is 393 g/mol. The zero-order valence-corrected chi connectivity index (χ0v) is 15.6. The Kier molecular flexibility index (Phi) is 9.62. The van der Waals surface area contributed by atoms with Crippen molar-refractivity contribution in [3.63, 3.8) is 0 Å². The van der Waals surface area contributed by atoms with Gasteiger partial charge in [-0.1, -0.05) is 13.8 Å². The van der Waals surface area contributed by atoms with Crippen molar-refractivity contribution in [3.05, 3.63) is 17.5 Å². The maximum Gasteiger partial charge on any atom is 0.190 e. The fourth-order valence-corrected chi connectivity index (χ4v) is 1.86. The molecule has 5 nitrogen and oxygen atoms in total. The maximum absolute atomic E-state index is 4.45. The van der Waals surface area contributed by atoms with E-state index in [2.05, 4.69) is 52.2 Å². The molecule has 0 aromatic carbocycles. The van der Waals surface area contributed by atoms with E-state index in [9.17, 15) is 0 Å². The van der Waals surface area contributed by atoms with Crippen LogP contribution in [0.4, 0.5) is 0 Å². The summed E-state index contributed by atoms with van der Waals surface area (Å²) < 4.78 is 2.06. The number of rotatable bonds is 6. The predicted molar refractivity (Wildman–Crippen MR) is 95.9 cm³/mol. The molecule has 0 radical (unpaired) electrons. The van der Waals surface area contributed by atoms with Gasteiger partial charge in [0.25, 0.3) is 0 Å². The lowest BCUT2D eigenvalue weighted by atomic mass is 10.2. The summed E-state index contributed by atoms with van der Waals surface area (Å²) in [7, 11) is 1.80. The number of nitrogens with zero attached hydrogens (tertiary/aromatic N) is 3. The van der Waals surface area contributed by atoms with Gasteiger partial charge >= 0.3 is 0 Å². The van der Waals surface area contributed by atoms with Crippen molar-refractivity contribution in [1.29, 1.82) is 0 Å². The Labute approximate surface area is 139 Å². The monoisotopic (exact) mass is 393 g/mol. The summed E-state index contributed by atoms with van der Waals surface area (Å²) in [5.41, 5.74) is 2.31. The number of aryl methyl sites for hydroxylation is 3. The normalized spacial score (nSPS) is 11.4. The molecule has 20 heavy (non-hydrogen) atoms. The van der Waals surface area contributed by atoms with Gasteiger partial charge in [0.15, 0.2) is 5.96 Å². The molecule has 0 aliphatic rings. The Morgan fingerprint density at radius 2 is 2.05 bits per heavy atom. The SMILES string of the molecule is CN=C(NCCCn1nc(C)cc1C)NCC(C)C.I. The van der Waals surface area contributed by atoms with Crippen LogP contribution in [0.15, 0.2) is 11.1 Å². The van der Waals surface area contributed by atoms with E-state index >= 15 is 0 Å². The molecule has 116 valence electrons. The standard InChI is InChI=1S/C14H27N5.HI/c1-11(2)10-17-14(15-5)16-7-6-8-19-13(4)9-12(3)18-19;/h9,11H,6-8,10H2,1-5H3,(H2,15,16,17);1H. The van der Waals surface area contributed by atoms with Crippen LogP contribution in [-0.4, -0.2) is 35.9 Å². The highest BCUT2D eigenvalue weighted by molar-refractivity contribution is 14.0. The number of aromatic nitrogens is 2. The molecule has 0 unspecified atom stereocenters. The average Bonchev–Trinajstić information content (AvgIpc) is 2.66. The summed E-state index contributed by atoms with van der Waals surface area (Å²) in [5.74, 6) is 1.50. The van der Waals surface area contributed by atoms with Crippen molar-refractivity contribution in [2.75, 3.05) is 20.1 Å². The highest BCUT2D eigenvalue weighted by atomic mass is 127. The number of aliphatic imine (C=N–C) groups is 1. The third-order valence-electron chi connectivity index (χ3n) is 2.84. The minimum atomic E-state index is 0. The molecule has 1 rings (SSSR count). The largest absolute Gasteiger partial charge is 0.356 e. The molecule has 0 aliphatic heterocycles. The zero-order chi connectivity index (χ0) is 14.3. The van der Waals surface area contributed by atoms with Gasteiger partial charge < -0.3 is 10.6 Å². The van der Waals surface area contributed by atoms with E-state index < -0.39 is 0 Å². The summed E-state index contributed by atoms with van der Waals surface area (Å²) >= 11 is 0. The summed E-state index contributed by atoms with van der Waals surface area (Å²) in [5, 5.41) is 11.1. The summed E-state index contributed by atoms with van der Waals surface area (Å²) in [6, 6.07) is 2.11. The summed E-state index contributed by atoms with van der Waals surface area (Å²) in [4.78, 5) is 4.20. The van der Waals surface area contributed by atoms with E-state index in [0.717, 1.165) is 37.7 Å². The van der Waals surface area contributed by atoms with Gasteiger partial charge in [0.1, 0.15) is 0 Å². The van der Waals surface area contributed by atoms with Crippen molar-refractivity contribution in [2.24, 2.45) is 10.9 Å². The van der Waals surface area contributed by atoms with Crippen molar-refractivity contribution in [2.45, 2.75) is 40.7 Å². The van der Waals surface area contributed by atoms with Crippen molar-refractivity contribution in [1.82, 2.24) is 20.4 Å². The highest BCUT2D eigenvalue weighted by Crippen LogP contribution is 2.02. The van der Waals surface area contributed by atoms with Crippen molar-refractivity contribution in [3.8, 4) is 0 Å². The third kappa shape index (κ3) is 7.12. The van der Waals surface area contributed by atoms with E-state index in [4.69, 9.17) is 0 Å². The minimum absolute atomic E-state index is 0. The molecule has 0 fully saturated rings. The fraction of sp³-hybridized carbons (Fsp3) is 0.714. The van der Waals surface area contributed by atoms with Crippen LogP contribution in [0.25, 0.3) is 0 Å². The van der Waals surface area contributed by atoms with Gasteiger partial charge in [-0.2, -0.15) is 5.10 Å². The van der Waals surface area contributed by atoms with Gasteiger partial charge in [-0.25, -0.2) is 0 Å². The molecule has 2 N–H and O–H groups in total. The van der Waals surface area contributed by atoms with Gasteiger partial charge in [-0.3, -0.25) is 9.67 Å². The Morgan fingerprint density at radius 1 is 1.35 bits per heavy atom. The second-order valence-electron chi connectivity index (χ2n) is 5.28. The van der Waals surface area contributed by atoms with Crippen LogP contribution in [0, 0.1) is 19.8 Å². The maximum atomic E-state index is 4.45. The number of guanidine groups is 1. The Balaban J connectivity index is 0.00000361. The first-order chi connectivity index (χ1) is 9.02. The fourth-order valence-electron chi connectivity index (χ4n) is 1.86. The van der Waals surface area contributed by atoms with Gasteiger partial charge in [0, 0.05) is 32.4 Å². The first-order valence-corrected chi connectivity index (χ1v) is 6.98. The van der Waals surface area contributed by atoms with Crippen LogP contribution in [0.1, 0.15) is 31.7 Å². The third-order valence-corrected chi connectivity index (χ3v) is 2.84. The molecule has 0 spiro atoms. The van der Waals surface area contributed by atoms with Gasteiger partial charge in [-0.15, -0.1) is 24.0 Å². The van der Waals surface area contributed by atoms with E-state index in [1.54, 1.807) is 7.05 Å². The second kappa shape index (κ2) is 10.0. The highest BCUT2D eigenvalue weighted by Gasteiger charge is 2.01. The van der Waals surface area contributed by atoms with Crippen LogP contribution in [0.3, 0.4) is 0 Å². The van der Waals surface area contributed by atoms with Crippen molar-refractivity contribution < 1.29 is 0 Å². The molecule has 0 aliphatic carbocycles. The first-order valence-electron chi connectivity index (χ1n) is 6.98. The summed E-state index contributed by atoms with van der Waals surface area (Å²) in [6.07, 6.45) is 1.03. The first kappa shape index (κ1) is 19.2. The molecular formula is C14H28IN5. The smallest absolute Gasteiger partial charge is 0.190 e. The lowest BCUT2D eigenvalue weighted by Gasteiger charge is -2.13. The molecule has 6 heteroatoms. The lowest BCUT2D eigenvalue weighted by Crippen LogP contribution is -2.39. The Morgan fingerprint density at radius 3 is 2.55 bits per heavy atom. The van der Waals surface area contributed by atoms with Crippen molar-refractivity contribution >= 4 is 29.9 Å². The molecule has 0 bridgehead atoms. The van der Waals surface area contributed by atoms with E-state index in [-0.39, 0.29) is 24.0 Å². The van der Waals surface area contributed by atoms with Crippen LogP contribution >= 0.6 is 24.0 Å². The second-order valence-corrected chi connectivity index (χ2v) is 5.28. The molecule has 1 aromatic heterocycles. The lowest BCUT2D eigenvalue weighted by molar-refractivity contribution is 0.552. The number of halogens is 1. The van der Waals surface area contributed by atoms with Crippen LogP contribution < -0.4 is 10.6 Å². The number of hydrogen-bond donors (Lipinski definition) is 2. The van der Waals surface area contributed by atoms with Crippen LogP contribution in [-0.2, 0) is 6.54 Å².